The number of hydrogen-bond donors (Lipinski definition) is 0. The van der Waals surface area contributed by atoms with Gasteiger partial charge >= 0.3 is 6.09 Å². The van der Waals surface area contributed by atoms with E-state index in [2.05, 4.69) is 88.4 Å². The highest BCUT2D eigenvalue weighted by atomic mass is 28.4. The fourth-order valence-corrected chi connectivity index (χ4v) is 9.84. The van der Waals surface area contributed by atoms with Crippen LogP contribution < -0.4 is 10.4 Å². The molecule has 0 aromatic heterocycles. The van der Waals surface area contributed by atoms with E-state index in [1.807, 2.05) is 4.90 Å². The average Bonchev–Trinajstić information content (AvgIpc) is 3.13. The Kier molecular flexibility index (Phi) is 5.77. The van der Waals surface area contributed by atoms with Crippen LogP contribution >= 0.6 is 0 Å². The van der Waals surface area contributed by atoms with Gasteiger partial charge in [-0.3, -0.25) is 4.90 Å². The summed E-state index contributed by atoms with van der Waals surface area (Å²) in [6.45, 7) is 10.1. The SMILES string of the molecule is C[C@@H]1CC[C@@H](CO[Si](c2ccccc2)(c2ccccc2)C(C)(C)C)N2C(=O)OC[C@@H]12. The molecule has 0 spiro atoms. The maximum absolute atomic E-state index is 12.5. The number of carbonyl (C=O) groups excluding carboxylic acids is 1. The molecule has 2 aliphatic rings. The number of carbonyl (C=O) groups is 1. The number of ether oxygens (including phenoxy) is 1. The minimum Gasteiger partial charge on any atom is -0.447 e. The predicted octanol–water partition coefficient (Wildman–Crippen LogP) is 4.18. The van der Waals surface area contributed by atoms with Crippen molar-refractivity contribution in [3.8, 4) is 0 Å². The Hall–Kier alpha value is -2.11. The van der Waals surface area contributed by atoms with E-state index in [9.17, 15) is 4.79 Å². The molecule has 0 aliphatic carbocycles. The van der Waals surface area contributed by atoms with Gasteiger partial charge in [0.05, 0.1) is 18.7 Å². The number of cyclic esters (lactones) is 1. The quantitative estimate of drug-likeness (QED) is 0.677. The monoisotopic (exact) mass is 423 g/mol. The summed E-state index contributed by atoms with van der Waals surface area (Å²) in [4.78, 5) is 14.4. The van der Waals surface area contributed by atoms with Crippen LogP contribution in [-0.2, 0) is 9.16 Å². The van der Waals surface area contributed by atoms with Crippen LogP contribution in [0.2, 0.25) is 5.04 Å². The van der Waals surface area contributed by atoms with Crippen LogP contribution in [0.4, 0.5) is 4.79 Å². The van der Waals surface area contributed by atoms with Gasteiger partial charge in [0.25, 0.3) is 8.32 Å². The van der Waals surface area contributed by atoms with Crippen LogP contribution in [0.3, 0.4) is 0 Å². The second-order valence-electron chi connectivity index (χ2n) is 9.73. The molecule has 2 fully saturated rings. The first-order valence-electron chi connectivity index (χ1n) is 11.0. The van der Waals surface area contributed by atoms with E-state index in [1.54, 1.807) is 0 Å². The van der Waals surface area contributed by atoms with Crippen LogP contribution in [0.1, 0.15) is 40.5 Å². The second-order valence-corrected chi connectivity index (χ2v) is 14.0. The third-order valence-corrected chi connectivity index (χ3v) is 11.9. The van der Waals surface area contributed by atoms with Crippen molar-refractivity contribution in [2.75, 3.05) is 13.2 Å². The van der Waals surface area contributed by atoms with Gasteiger partial charge in [-0.25, -0.2) is 4.79 Å². The summed E-state index contributed by atoms with van der Waals surface area (Å²) >= 11 is 0. The molecule has 0 N–H and O–H groups in total. The van der Waals surface area contributed by atoms with Crippen molar-refractivity contribution in [1.82, 2.24) is 4.90 Å². The van der Waals surface area contributed by atoms with Gasteiger partial charge < -0.3 is 9.16 Å². The van der Waals surface area contributed by atoms with Crippen LogP contribution in [0.25, 0.3) is 0 Å². The average molecular weight is 424 g/mol. The van der Waals surface area contributed by atoms with E-state index in [-0.39, 0.29) is 23.2 Å². The highest BCUT2D eigenvalue weighted by molar-refractivity contribution is 6.99. The molecule has 0 radical (unpaired) electrons. The van der Waals surface area contributed by atoms with E-state index < -0.39 is 8.32 Å². The Morgan fingerprint density at radius 2 is 1.57 bits per heavy atom. The van der Waals surface area contributed by atoms with Crippen LogP contribution in [0, 0.1) is 5.92 Å². The van der Waals surface area contributed by atoms with Gasteiger partial charge in [0.1, 0.15) is 6.61 Å². The second kappa shape index (κ2) is 8.20. The number of amides is 1. The van der Waals surface area contributed by atoms with Crippen molar-refractivity contribution in [2.45, 2.75) is 57.7 Å². The lowest BCUT2D eigenvalue weighted by molar-refractivity contribution is 0.0732. The fourth-order valence-electron chi connectivity index (χ4n) is 5.24. The molecular formula is C25H33NO3Si. The lowest BCUT2D eigenvalue weighted by Crippen LogP contribution is -2.67. The van der Waals surface area contributed by atoms with Crippen molar-refractivity contribution in [3.63, 3.8) is 0 Å². The van der Waals surface area contributed by atoms with Gasteiger partial charge in [0.15, 0.2) is 0 Å². The summed E-state index contributed by atoms with van der Waals surface area (Å²) in [6, 6.07) is 21.6. The molecule has 2 aromatic carbocycles. The third-order valence-electron chi connectivity index (χ3n) is 6.86. The summed E-state index contributed by atoms with van der Waals surface area (Å²) in [5.74, 6) is 0.473. The fraction of sp³-hybridized carbons (Fsp3) is 0.480. The van der Waals surface area contributed by atoms with Crippen LogP contribution in [0.15, 0.2) is 60.7 Å². The summed E-state index contributed by atoms with van der Waals surface area (Å²) in [5, 5.41) is 2.48. The van der Waals surface area contributed by atoms with Crippen molar-refractivity contribution >= 4 is 24.8 Å². The molecule has 0 bridgehead atoms. The smallest absolute Gasteiger partial charge is 0.410 e. The Morgan fingerprint density at radius 1 is 1.00 bits per heavy atom. The summed E-state index contributed by atoms with van der Waals surface area (Å²) in [6.07, 6.45) is 1.89. The highest BCUT2D eigenvalue weighted by Crippen LogP contribution is 2.38. The third kappa shape index (κ3) is 3.58. The number of fused-ring (bicyclic) bond motifs is 1. The number of benzene rings is 2. The maximum atomic E-state index is 12.5. The molecule has 4 nitrogen and oxygen atoms in total. The molecule has 5 heteroatoms. The zero-order valence-electron chi connectivity index (χ0n) is 18.5. The van der Waals surface area contributed by atoms with Crippen LogP contribution in [-0.4, -0.2) is 44.6 Å². The molecule has 4 rings (SSSR count). The zero-order chi connectivity index (χ0) is 21.4. The van der Waals surface area contributed by atoms with Gasteiger partial charge in [0.2, 0.25) is 0 Å². The molecule has 1 amide bonds. The predicted molar refractivity (Wildman–Crippen MR) is 123 cm³/mol. The van der Waals surface area contributed by atoms with Crippen molar-refractivity contribution in [3.05, 3.63) is 60.7 Å². The molecule has 160 valence electrons. The van der Waals surface area contributed by atoms with Crippen molar-refractivity contribution in [2.24, 2.45) is 5.92 Å². The molecule has 0 saturated carbocycles. The standard InChI is InChI=1S/C25H33NO3Si/c1-19-15-16-20(26-23(19)18-28-24(26)27)17-29-30(25(2,3)4,21-11-7-5-8-12-21)22-13-9-6-10-14-22/h5-14,19-20,23H,15-18H2,1-4H3/t19-,20+,23+/m1/s1. The molecule has 0 unspecified atom stereocenters. The topological polar surface area (TPSA) is 38.8 Å². The van der Waals surface area contributed by atoms with Crippen molar-refractivity contribution in [1.29, 1.82) is 0 Å². The molecule has 30 heavy (non-hydrogen) atoms. The van der Waals surface area contributed by atoms with Crippen molar-refractivity contribution < 1.29 is 14.0 Å². The number of nitrogens with zero attached hydrogens (tertiary/aromatic N) is 1. The largest absolute Gasteiger partial charge is 0.447 e. The van der Waals surface area contributed by atoms with E-state index in [1.165, 1.54) is 10.4 Å². The Morgan fingerprint density at radius 3 is 2.10 bits per heavy atom. The highest BCUT2D eigenvalue weighted by Gasteiger charge is 2.52. The van der Waals surface area contributed by atoms with Crippen LogP contribution in [0.5, 0.6) is 0 Å². The lowest BCUT2D eigenvalue weighted by atomic mass is 9.88. The normalized spacial score (nSPS) is 24.5. The molecule has 2 aliphatic heterocycles. The maximum Gasteiger partial charge on any atom is 0.410 e. The number of rotatable bonds is 5. The zero-order valence-corrected chi connectivity index (χ0v) is 19.5. The summed E-state index contributed by atoms with van der Waals surface area (Å²) in [7, 11) is -2.60. The summed E-state index contributed by atoms with van der Waals surface area (Å²) in [5.41, 5.74) is 0. The first kappa shape index (κ1) is 21.1. The molecule has 2 heterocycles. The first-order valence-corrected chi connectivity index (χ1v) is 13.0. The molecule has 3 atom stereocenters. The summed E-state index contributed by atoms with van der Waals surface area (Å²) < 4.78 is 12.5. The van der Waals surface area contributed by atoms with Gasteiger partial charge in [-0.15, -0.1) is 0 Å². The Bertz CT molecular complexity index is 825. The Balaban J connectivity index is 1.71. The number of hydrogen-bond acceptors (Lipinski definition) is 3. The van der Waals surface area contributed by atoms with E-state index in [0.29, 0.717) is 19.1 Å². The van der Waals surface area contributed by atoms with E-state index in [0.717, 1.165) is 12.8 Å². The Labute approximate surface area is 181 Å². The lowest BCUT2D eigenvalue weighted by Gasteiger charge is -2.45. The molecular weight excluding hydrogens is 390 g/mol. The van der Waals surface area contributed by atoms with Gasteiger partial charge in [-0.05, 0) is 34.2 Å². The molecule has 2 saturated heterocycles. The molecule has 2 aromatic rings. The van der Waals surface area contributed by atoms with Gasteiger partial charge in [-0.1, -0.05) is 88.4 Å². The number of piperidine rings is 1. The first-order chi connectivity index (χ1) is 14.3. The minimum atomic E-state index is -2.60. The van der Waals surface area contributed by atoms with E-state index in [4.69, 9.17) is 9.16 Å². The minimum absolute atomic E-state index is 0.0669. The van der Waals surface area contributed by atoms with Gasteiger partial charge in [0, 0.05) is 0 Å². The van der Waals surface area contributed by atoms with Gasteiger partial charge in [-0.2, -0.15) is 0 Å². The van der Waals surface area contributed by atoms with E-state index >= 15 is 0 Å².